The normalized spacial score (nSPS) is 18.1. The molecule has 0 radical (unpaired) electrons. The van der Waals surface area contributed by atoms with E-state index in [4.69, 9.17) is 4.74 Å². The summed E-state index contributed by atoms with van der Waals surface area (Å²) in [5, 5.41) is 2.90. The first-order valence-electron chi connectivity index (χ1n) is 8.89. The van der Waals surface area contributed by atoms with Crippen molar-refractivity contribution >= 4 is 17.5 Å². The second kappa shape index (κ2) is 8.04. The highest BCUT2D eigenvalue weighted by molar-refractivity contribution is 5.98. The topological polar surface area (TPSA) is 58.6 Å². The maximum atomic E-state index is 12.6. The summed E-state index contributed by atoms with van der Waals surface area (Å²) in [7, 11) is 1.74. The van der Waals surface area contributed by atoms with Crippen LogP contribution in [-0.2, 0) is 4.79 Å². The van der Waals surface area contributed by atoms with E-state index >= 15 is 0 Å². The maximum absolute atomic E-state index is 12.6. The molecular formula is C21H24N2O3. The quantitative estimate of drug-likeness (QED) is 0.830. The summed E-state index contributed by atoms with van der Waals surface area (Å²) < 4.78 is 5.63. The Morgan fingerprint density at radius 3 is 2.58 bits per heavy atom. The summed E-state index contributed by atoms with van der Waals surface area (Å²) in [6.45, 7) is 2.96. The first-order chi connectivity index (χ1) is 12.5. The van der Waals surface area contributed by atoms with E-state index in [1.54, 1.807) is 36.2 Å². The molecule has 1 fully saturated rings. The Morgan fingerprint density at radius 2 is 1.88 bits per heavy atom. The first-order valence-corrected chi connectivity index (χ1v) is 8.89. The van der Waals surface area contributed by atoms with E-state index < -0.39 is 0 Å². The number of para-hydroxylation sites is 1. The van der Waals surface area contributed by atoms with Crippen molar-refractivity contribution < 1.29 is 14.3 Å². The molecule has 2 amide bonds. The molecule has 1 aliphatic rings. The lowest BCUT2D eigenvalue weighted by Crippen LogP contribution is -2.31. The maximum Gasteiger partial charge on any atom is 0.253 e. The molecule has 2 aromatic rings. The molecule has 1 N–H and O–H groups in total. The molecule has 0 aromatic heterocycles. The number of nitrogens with zero attached hydrogens (tertiary/aromatic N) is 1. The smallest absolute Gasteiger partial charge is 0.253 e. The van der Waals surface area contributed by atoms with E-state index in [1.807, 2.05) is 30.3 Å². The fourth-order valence-corrected chi connectivity index (χ4v) is 2.79. The molecule has 2 atom stereocenters. The van der Waals surface area contributed by atoms with Gasteiger partial charge in [0.2, 0.25) is 5.91 Å². The molecule has 5 nitrogen and oxygen atoms in total. The van der Waals surface area contributed by atoms with E-state index in [0.717, 1.165) is 12.2 Å². The Bertz CT molecular complexity index is 776. The van der Waals surface area contributed by atoms with Crippen LogP contribution in [0.25, 0.3) is 0 Å². The van der Waals surface area contributed by atoms with Gasteiger partial charge < -0.3 is 15.0 Å². The van der Waals surface area contributed by atoms with E-state index in [9.17, 15) is 9.59 Å². The van der Waals surface area contributed by atoms with Gasteiger partial charge in [-0.25, -0.2) is 0 Å². The molecule has 0 aliphatic heterocycles. The SMILES string of the molecule is CC1CC1C(=O)Nc1cccc(C(=O)N(C)CCOc2ccccc2)c1. The average molecular weight is 352 g/mol. The Labute approximate surface area is 154 Å². The number of hydrogen-bond donors (Lipinski definition) is 1. The summed E-state index contributed by atoms with van der Waals surface area (Å²) in [5.74, 6) is 1.28. The van der Waals surface area contributed by atoms with Crippen molar-refractivity contribution in [3.63, 3.8) is 0 Å². The molecule has 0 heterocycles. The molecule has 0 spiro atoms. The van der Waals surface area contributed by atoms with Crippen LogP contribution >= 0.6 is 0 Å². The summed E-state index contributed by atoms with van der Waals surface area (Å²) in [4.78, 5) is 26.3. The first kappa shape index (κ1) is 18.0. The van der Waals surface area contributed by atoms with Crippen molar-refractivity contribution in [2.45, 2.75) is 13.3 Å². The van der Waals surface area contributed by atoms with E-state index in [1.165, 1.54) is 0 Å². The Kier molecular flexibility index (Phi) is 5.56. The van der Waals surface area contributed by atoms with Crippen molar-refractivity contribution in [3.8, 4) is 5.75 Å². The predicted molar refractivity (Wildman–Crippen MR) is 101 cm³/mol. The molecule has 2 unspecified atom stereocenters. The zero-order chi connectivity index (χ0) is 18.5. The highest BCUT2D eigenvalue weighted by Crippen LogP contribution is 2.38. The van der Waals surface area contributed by atoms with Crippen LogP contribution in [-0.4, -0.2) is 36.9 Å². The number of benzene rings is 2. The van der Waals surface area contributed by atoms with Gasteiger partial charge in [0.25, 0.3) is 5.91 Å². The molecular weight excluding hydrogens is 328 g/mol. The fraction of sp³-hybridized carbons (Fsp3) is 0.333. The van der Waals surface area contributed by atoms with Crippen LogP contribution in [0.1, 0.15) is 23.7 Å². The van der Waals surface area contributed by atoms with Crippen LogP contribution in [0.3, 0.4) is 0 Å². The minimum absolute atomic E-state index is 0.0340. The van der Waals surface area contributed by atoms with Crippen molar-refractivity contribution in [3.05, 3.63) is 60.2 Å². The van der Waals surface area contributed by atoms with Gasteiger partial charge in [-0.15, -0.1) is 0 Å². The van der Waals surface area contributed by atoms with Gasteiger partial charge in [-0.2, -0.15) is 0 Å². The van der Waals surface area contributed by atoms with Crippen LogP contribution < -0.4 is 10.1 Å². The van der Waals surface area contributed by atoms with Crippen molar-refractivity contribution in [1.82, 2.24) is 4.90 Å². The third kappa shape index (κ3) is 4.63. The number of carbonyl (C=O) groups excluding carboxylic acids is 2. The zero-order valence-electron chi connectivity index (χ0n) is 15.1. The van der Waals surface area contributed by atoms with Gasteiger partial charge in [0.05, 0.1) is 6.54 Å². The van der Waals surface area contributed by atoms with Gasteiger partial charge in [0, 0.05) is 24.2 Å². The van der Waals surface area contributed by atoms with Crippen molar-refractivity contribution in [2.24, 2.45) is 11.8 Å². The number of carbonyl (C=O) groups is 2. The van der Waals surface area contributed by atoms with Crippen LogP contribution in [0.2, 0.25) is 0 Å². The number of anilines is 1. The molecule has 1 saturated carbocycles. The van der Waals surface area contributed by atoms with Crippen LogP contribution in [0.4, 0.5) is 5.69 Å². The van der Waals surface area contributed by atoms with Gasteiger partial charge in [-0.1, -0.05) is 31.2 Å². The Hall–Kier alpha value is -2.82. The molecule has 26 heavy (non-hydrogen) atoms. The van der Waals surface area contributed by atoms with Crippen molar-refractivity contribution in [1.29, 1.82) is 0 Å². The molecule has 0 bridgehead atoms. The number of ether oxygens (including phenoxy) is 1. The largest absolute Gasteiger partial charge is 0.492 e. The third-order valence-corrected chi connectivity index (χ3v) is 4.61. The second-order valence-electron chi connectivity index (χ2n) is 6.78. The number of amides is 2. The average Bonchev–Trinajstić information content (AvgIpc) is 3.39. The number of likely N-dealkylation sites (N-methyl/N-ethyl adjacent to an activating group) is 1. The molecule has 5 heteroatoms. The summed E-state index contributed by atoms with van der Waals surface area (Å²) in [6.07, 6.45) is 0.939. The lowest BCUT2D eigenvalue weighted by Gasteiger charge is -2.18. The fourth-order valence-electron chi connectivity index (χ4n) is 2.79. The lowest BCUT2D eigenvalue weighted by atomic mass is 10.1. The number of nitrogens with one attached hydrogen (secondary N) is 1. The summed E-state index contributed by atoms with van der Waals surface area (Å²) in [6, 6.07) is 16.6. The van der Waals surface area contributed by atoms with Gasteiger partial charge in [-0.05, 0) is 42.7 Å². The minimum Gasteiger partial charge on any atom is -0.492 e. The Morgan fingerprint density at radius 1 is 1.15 bits per heavy atom. The number of rotatable bonds is 7. The predicted octanol–water partition coefficient (Wildman–Crippen LogP) is 3.43. The van der Waals surface area contributed by atoms with Gasteiger partial charge in [0.15, 0.2) is 0 Å². The highest BCUT2D eigenvalue weighted by Gasteiger charge is 2.39. The van der Waals surface area contributed by atoms with Gasteiger partial charge in [0.1, 0.15) is 12.4 Å². The number of hydrogen-bond acceptors (Lipinski definition) is 3. The van der Waals surface area contributed by atoms with E-state index in [2.05, 4.69) is 12.2 Å². The second-order valence-corrected chi connectivity index (χ2v) is 6.78. The minimum atomic E-state index is -0.0995. The standard InChI is InChI=1S/C21H24N2O3/c1-15-13-19(15)20(24)22-17-8-6-7-16(14-17)21(25)23(2)11-12-26-18-9-4-3-5-10-18/h3-10,14-15,19H,11-13H2,1-2H3,(H,22,24). The third-order valence-electron chi connectivity index (χ3n) is 4.61. The van der Waals surface area contributed by atoms with Crippen LogP contribution in [0, 0.1) is 11.8 Å². The van der Waals surface area contributed by atoms with Gasteiger partial charge in [-0.3, -0.25) is 9.59 Å². The molecule has 1 aliphatic carbocycles. The van der Waals surface area contributed by atoms with Gasteiger partial charge >= 0.3 is 0 Å². The van der Waals surface area contributed by atoms with Crippen LogP contribution in [0.15, 0.2) is 54.6 Å². The lowest BCUT2D eigenvalue weighted by molar-refractivity contribution is -0.117. The van der Waals surface area contributed by atoms with Crippen LogP contribution in [0.5, 0.6) is 5.75 Å². The highest BCUT2D eigenvalue weighted by atomic mass is 16.5. The van der Waals surface area contributed by atoms with E-state index in [-0.39, 0.29) is 17.7 Å². The Balaban J connectivity index is 1.53. The van der Waals surface area contributed by atoms with E-state index in [0.29, 0.717) is 30.3 Å². The molecule has 2 aromatic carbocycles. The van der Waals surface area contributed by atoms with Crippen molar-refractivity contribution in [2.75, 3.05) is 25.5 Å². The molecule has 0 saturated heterocycles. The molecule has 136 valence electrons. The monoisotopic (exact) mass is 352 g/mol. The summed E-state index contributed by atoms with van der Waals surface area (Å²) in [5.41, 5.74) is 1.21. The molecule has 3 rings (SSSR count). The zero-order valence-corrected chi connectivity index (χ0v) is 15.1. The summed E-state index contributed by atoms with van der Waals surface area (Å²) >= 11 is 0.